The Balaban J connectivity index is 1.77. The summed E-state index contributed by atoms with van der Waals surface area (Å²) in [7, 11) is 1.33. The van der Waals surface area contributed by atoms with Crippen molar-refractivity contribution in [2.75, 3.05) is 39.9 Å². The van der Waals surface area contributed by atoms with Crippen molar-refractivity contribution in [3.05, 3.63) is 0 Å². The van der Waals surface area contributed by atoms with Gasteiger partial charge in [0.15, 0.2) is 0 Å². The topological polar surface area (TPSA) is 85.4 Å². The fraction of sp³-hybridized carbons (Fsp3) is 0.812. The number of esters is 1. The fourth-order valence-corrected chi connectivity index (χ4v) is 3.10. The quantitative estimate of drug-likeness (QED) is 0.572. The molecule has 0 aromatic carbocycles. The Morgan fingerprint density at radius 1 is 1.00 bits per heavy atom. The normalized spacial score (nSPS) is 22.0. The van der Waals surface area contributed by atoms with Crippen LogP contribution in [0.25, 0.3) is 0 Å². The van der Waals surface area contributed by atoms with E-state index in [-0.39, 0.29) is 24.1 Å². The van der Waals surface area contributed by atoms with Crippen LogP contribution in [-0.2, 0) is 19.0 Å². The highest BCUT2D eigenvalue weighted by molar-refractivity contribution is 5.75. The molecule has 24 heavy (non-hydrogen) atoms. The Hall–Kier alpha value is -1.99. The van der Waals surface area contributed by atoms with E-state index in [9.17, 15) is 14.4 Å². The Kier molecular flexibility index (Phi) is 6.69. The van der Waals surface area contributed by atoms with Gasteiger partial charge >= 0.3 is 18.2 Å². The van der Waals surface area contributed by atoms with Gasteiger partial charge in [0.2, 0.25) is 0 Å². The van der Waals surface area contributed by atoms with Gasteiger partial charge in [-0.1, -0.05) is 0 Å². The second-order valence-electron chi connectivity index (χ2n) is 6.08. The predicted octanol–water partition coefficient (Wildman–Crippen LogP) is 1.63. The van der Waals surface area contributed by atoms with Crippen LogP contribution in [0.15, 0.2) is 0 Å². The first-order valence-corrected chi connectivity index (χ1v) is 8.50. The van der Waals surface area contributed by atoms with Crippen molar-refractivity contribution in [3.63, 3.8) is 0 Å². The molecule has 1 atom stereocenters. The summed E-state index contributed by atoms with van der Waals surface area (Å²) >= 11 is 0. The second kappa shape index (κ2) is 8.75. The number of nitrogens with zero attached hydrogens (tertiary/aromatic N) is 2. The van der Waals surface area contributed by atoms with E-state index in [2.05, 4.69) is 0 Å². The predicted molar refractivity (Wildman–Crippen MR) is 84.4 cm³/mol. The van der Waals surface area contributed by atoms with Gasteiger partial charge in [0.25, 0.3) is 0 Å². The van der Waals surface area contributed by atoms with Gasteiger partial charge in [0, 0.05) is 39.0 Å². The van der Waals surface area contributed by atoms with E-state index in [1.165, 1.54) is 7.11 Å². The minimum absolute atomic E-state index is 0.184. The molecule has 2 aliphatic rings. The SMILES string of the molecule is CCOC(=O)N1CCC(OC(=O)[C@H]2CCCN(C(=O)OC)C2)CC1. The lowest BCUT2D eigenvalue weighted by Gasteiger charge is -2.34. The molecule has 2 saturated heterocycles. The molecule has 2 fully saturated rings. The zero-order valence-electron chi connectivity index (χ0n) is 14.4. The zero-order chi connectivity index (χ0) is 17.5. The van der Waals surface area contributed by atoms with Crippen LogP contribution in [0.5, 0.6) is 0 Å². The van der Waals surface area contributed by atoms with Crippen LogP contribution in [0.2, 0.25) is 0 Å². The second-order valence-corrected chi connectivity index (χ2v) is 6.08. The minimum Gasteiger partial charge on any atom is -0.462 e. The molecular formula is C16H26N2O6. The maximum atomic E-state index is 12.3. The van der Waals surface area contributed by atoms with Crippen molar-refractivity contribution in [2.24, 2.45) is 5.92 Å². The number of carbonyl (C=O) groups excluding carboxylic acids is 3. The number of ether oxygens (including phenoxy) is 3. The van der Waals surface area contributed by atoms with Gasteiger partial charge in [-0.3, -0.25) is 4.79 Å². The van der Waals surface area contributed by atoms with E-state index in [1.54, 1.807) is 16.7 Å². The van der Waals surface area contributed by atoms with Crippen LogP contribution in [-0.4, -0.2) is 74.0 Å². The molecule has 0 saturated carbocycles. The van der Waals surface area contributed by atoms with Gasteiger partial charge in [-0.05, 0) is 19.8 Å². The third kappa shape index (κ3) is 4.75. The van der Waals surface area contributed by atoms with Crippen molar-refractivity contribution < 1.29 is 28.6 Å². The summed E-state index contributed by atoms with van der Waals surface area (Å²) in [5.41, 5.74) is 0. The van der Waals surface area contributed by atoms with Crippen LogP contribution in [0.1, 0.15) is 32.6 Å². The molecule has 0 aromatic heterocycles. The lowest BCUT2D eigenvalue weighted by molar-refractivity contribution is -0.157. The smallest absolute Gasteiger partial charge is 0.409 e. The molecule has 0 N–H and O–H groups in total. The molecule has 136 valence electrons. The zero-order valence-corrected chi connectivity index (χ0v) is 14.4. The van der Waals surface area contributed by atoms with Crippen molar-refractivity contribution in [1.82, 2.24) is 9.80 Å². The van der Waals surface area contributed by atoms with E-state index < -0.39 is 6.09 Å². The van der Waals surface area contributed by atoms with Gasteiger partial charge in [-0.25, -0.2) is 9.59 Å². The average molecular weight is 342 g/mol. The van der Waals surface area contributed by atoms with Gasteiger partial charge in [0.1, 0.15) is 6.10 Å². The van der Waals surface area contributed by atoms with Crippen LogP contribution < -0.4 is 0 Å². The third-order valence-electron chi connectivity index (χ3n) is 4.44. The molecule has 0 aromatic rings. The molecule has 0 bridgehead atoms. The van der Waals surface area contributed by atoms with Crippen molar-refractivity contribution in [2.45, 2.75) is 38.7 Å². The molecule has 0 spiro atoms. The lowest BCUT2D eigenvalue weighted by Crippen LogP contribution is -2.45. The highest BCUT2D eigenvalue weighted by atomic mass is 16.6. The number of carbonyl (C=O) groups is 3. The number of likely N-dealkylation sites (tertiary alicyclic amines) is 2. The van der Waals surface area contributed by atoms with Gasteiger partial charge < -0.3 is 24.0 Å². The summed E-state index contributed by atoms with van der Waals surface area (Å²) < 4.78 is 15.3. The van der Waals surface area contributed by atoms with Crippen molar-refractivity contribution in [1.29, 1.82) is 0 Å². The number of hydrogen-bond donors (Lipinski definition) is 0. The molecular weight excluding hydrogens is 316 g/mol. The number of hydrogen-bond acceptors (Lipinski definition) is 6. The summed E-state index contributed by atoms with van der Waals surface area (Å²) in [5, 5.41) is 0. The molecule has 2 heterocycles. The van der Waals surface area contributed by atoms with Crippen LogP contribution >= 0.6 is 0 Å². The monoisotopic (exact) mass is 342 g/mol. The summed E-state index contributed by atoms with van der Waals surface area (Å²) in [5.74, 6) is -0.570. The Labute approximate surface area is 142 Å². The van der Waals surface area contributed by atoms with E-state index in [1.807, 2.05) is 0 Å². The average Bonchev–Trinajstić information content (AvgIpc) is 2.62. The molecule has 2 aliphatic heterocycles. The molecule has 0 unspecified atom stereocenters. The first-order valence-electron chi connectivity index (χ1n) is 8.50. The fourth-order valence-electron chi connectivity index (χ4n) is 3.10. The first kappa shape index (κ1) is 18.4. The highest BCUT2D eigenvalue weighted by Gasteiger charge is 2.32. The minimum atomic E-state index is -0.407. The molecule has 8 heteroatoms. The third-order valence-corrected chi connectivity index (χ3v) is 4.44. The van der Waals surface area contributed by atoms with E-state index in [0.29, 0.717) is 52.0 Å². The molecule has 0 aliphatic carbocycles. The number of piperidine rings is 2. The van der Waals surface area contributed by atoms with E-state index >= 15 is 0 Å². The number of amides is 2. The van der Waals surface area contributed by atoms with Gasteiger partial charge in [-0.15, -0.1) is 0 Å². The standard InChI is InChI=1S/C16H26N2O6/c1-3-23-16(21)17-9-6-13(7-10-17)24-14(19)12-5-4-8-18(11-12)15(20)22-2/h12-13H,3-11H2,1-2H3/t12-/m0/s1. The van der Waals surface area contributed by atoms with Crippen LogP contribution in [0.3, 0.4) is 0 Å². The van der Waals surface area contributed by atoms with E-state index in [0.717, 1.165) is 6.42 Å². The number of rotatable bonds is 3. The molecule has 2 amide bonds. The lowest BCUT2D eigenvalue weighted by atomic mass is 9.98. The maximum Gasteiger partial charge on any atom is 0.409 e. The summed E-state index contributed by atoms with van der Waals surface area (Å²) in [4.78, 5) is 38.7. The highest BCUT2D eigenvalue weighted by Crippen LogP contribution is 2.22. The Morgan fingerprint density at radius 3 is 2.33 bits per heavy atom. The Bertz CT molecular complexity index is 461. The van der Waals surface area contributed by atoms with Crippen molar-refractivity contribution in [3.8, 4) is 0 Å². The molecule has 0 radical (unpaired) electrons. The van der Waals surface area contributed by atoms with E-state index in [4.69, 9.17) is 14.2 Å². The van der Waals surface area contributed by atoms with Gasteiger partial charge in [0.05, 0.1) is 19.6 Å². The largest absolute Gasteiger partial charge is 0.462 e. The van der Waals surface area contributed by atoms with Crippen LogP contribution in [0, 0.1) is 5.92 Å². The summed E-state index contributed by atoms with van der Waals surface area (Å²) in [6, 6.07) is 0. The Morgan fingerprint density at radius 2 is 1.71 bits per heavy atom. The molecule has 8 nitrogen and oxygen atoms in total. The van der Waals surface area contributed by atoms with Crippen molar-refractivity contribution >= 4 is 18.2 Å². The summed E-state index contributed by atoms with van der Waals surface area (Å²) in [6.07, 6.45) is 1.79. The van der Waals surface area contributed by atoms with Gasteiger partial charge in [-0.2, -0.15) is 0 Å². The first-order chi connectivity index (χ1) is 11.5. The molecule has 2 rings (SSSR count). The summed E-state index contributed by atoms with van der Waals surface area (Å²) in [6.45, 7) is 4.12. The number of methoxy groups -OCH3 is 1. The van der Waals surface area contributed by atoms with Crippen LogP contribution in [0.4, 0.5) is 9.59 Å². The maximum absolute atomic E-state index is 12.3.